The molecule has 1 unspecified atom stereocenters. The maximum atomic E-state index is 12.3. The summed E-state index contributed by atoms with van der Waals surface area (Å²) in [5.41, 5.74) is -0.692. The van der Waals surface area contributed by atoms with Gasteiger partial charge in [-0.05, 0) is 74.7 Å². The number of hydrogen-bond acceptors (Lipinski definition) is 4. The van der Waals surface area contributed by atoms with Gasteiger partial charge in [-0.25, -0.2) is 0 Å². The Hall–Kier alpha value is -1.29. The molecule has 4 aliphatic rings. The van der Waals surface area contributed by atoms with Crippen LogP contribution in [0, 0.1) is 34.5 Å². The molecule has 0 amide bonds. The summed E-state index contributed by atoms with van der Waals surface area (Å²) in [4.78, 5) is 36.4. The van der Waals surface area contributed by atoms with Gasteiger partial charge in [0.25, 0.3) is 0 Å². The number of allylic oxidation sites excluding steroid dienone is 1. The van der Waals surface area contributed by atoms with Crippen LogP contribution in [0.15, 0.2) is 11.6 Å². The van der Waals surface area contributed by atoms with Gasteiger partial charge in [-0.2, -0.15) is 0 Å². The SMILES string of the molecule is CC(=O)[C@@]1(O)CC[C@H]2[C@@H]3CCC4=CC(=O)CC[C@]4(C)[C@H]3C(C=O)C[C@@]21C. The quantitative estimate of drug-likeness (QED) is 0.769. The minimum Gasteiger partial charge on any atom is -0.382 e. The Morgan fingerprint density at radius 2 is 1.96 bits per heavy atom. The van der Waals surface area contributed by atoms with Gasteiger partial charge < -0.3 is 9.90 Å². The van der Waals surface area contributed by atoms with Crippen LogP contribution in [-0.4, -0.2) is 28.6 Å². The standard InChI is InChI=1S/C22H30O4/c1-13(24)22(26)9-7-18-17-5-4-15-10-16(25)6-8-20(15,2)19(17)14(12-23)11-21(18,22)3/h10,12,14,17-19,26H,4-9,11H2,1-3H3/t14?,17-,18-,19-,20-,21-,22-/m0/s1. The summed E-state index contributed by atoms with van der Waals surface area (Å²) in [5.74, 6) is 0.733. The second-order valence-electron chi connectivity index (χ2n) is 9.76. The van der Waals surface area contributed by atoms with Crippen LogP contribution in [0.25, 0.3) is 0 Å². The molecular formula is C22H30O4. The van der Waals surface area contributed by atoms with Gasteiger partial charge in [-0.3, -0.25) is 9.59 Å². The second kappa shape index (κ2) is 5.60. The number of hydrogen-bond donors (Lipinski definition) is 1. The van der Waals surface area contributed by atoms with Crippen LogP contribution in [0.1, 0.15) is 65.7 Å². The Bertz CT molecular complexity index is 709. The minimum absolute atomic E-state index is 0.0966. The third-order valence-corrected chi connectivity index (χ3v) is 8.88. The summed E-state index contributed by atoms with van der Waals surface area (Å²) in [6, 6.07) is 0. The van der Waals surface area contributed by atoms with Gasteiger partial charge in [0.1, 0.15) is 11.9 Å². The number of ketones is 2. The van der Waals surface area contributed by atoms with Gasteiger partial charge in [0.15, 0.2) is 11.6 Å². The lowest BCUT2D eigenvalue weighted by Gasteiger charge is -2.60. The summed E-state index contributed by atoms with van der Waals surface area (Å²) in [6.07, 6.45) is 8.10. The molecule has 3 fully saturated rings. The van der Waals surface area contributed by atoms with Gasteiger partial charge >= 0.3 is 0 Å². The molecule has 3 saturated carbocycles. The monoisotopic (exact) mass is 358 g/mol. The summed E-state index contributed by atoms with van der Waals surface area (Å²) in [7, 11) is 0. The molecule has 7 atom stereocenters. The Morgan fingerprint density at radius 1 is 1.23 bits per heavy atom. The maximum Gasteiger partial charge on any atom is 0.161 e. The van der Waals surface area contributed by atoms with Crippen molar-refractivity contribution in [3.63, 3.8) is 0 Å². The summed E-state index contributed by atoms with van der Waals surface area (Å²) >= 11 is 0. The summed E-state index contributed by atoms with van der Waals surface area (Å²) in [5, 5.41) is 11.2. The molecule has 4 aliphatic carbocycles. The van der Waals surface area contributed by atoms with E-state index in [1.54, 1.807) is 0 Å². The van der Waals surface area contributed by atoms with Crippen LogP contribution in [0.5, 0.6) is 0 Å². The highest BCUT2D eigenvalue weighted by molar-refractivity contribution is 5.91. The van der Waals surface area contributed by atoms with Gasteiger partial charge in [0.05, 0.1) is 0 Å². The number of aliphatic hydroxyl groups is 1. The van der Waals surface area contributed by atoms with Crippen LogP contribution < -0.4 is 0 Å². The molecular weight excluding hydrogens is 328 g/mol. The lowest BCUT2D eigenvalue weighted by Crippen LogP contribution is -2.60. The molecule has 4 heteroatoms. The number of Topliss-reactive ketones (excluding diaryl/α,β-unsaturated/α-hetero) is 1. The molecule has 4 rings (SSSR count). The molecule has 0 spiro atoms. The van der Waals surface area contributed by atoms with Crippen molar-refractivity contribution >= 4 is 17.9 Å². The number of carbonyl (C=O) groups excluding carboxylic acids is 3. The van der Waals surface area contributed by atoms with Crippen LogP contribution in [0.3, 0.4) is 0 Å². The van der Waals surface area contributed by atoms with Gasteiger partial charge in [0.2, 0.25) is 0 Å². The Balaban J connectivity index is 1.79. The predicted octanol–water partition coefficient (Wildman–Crippen LogP) is 3.26. The number of aldehydes is 1. The van der Waals surface area contributed by atoms with Crippen molar-refractivity contribution < 1.29 is 19.5 Å². The molecule has 0 saturated heterocycles. The average Bonchev–Trinajstić information content (AvgIpc) is 2.87. The van der Waals surface area contributed by atoms with Gasteiger partial charge in [-0.1, -0.05) is 19.4 Å². The zero-order valence-electron chi connectivity index (χ0n) is 16.1. The zero-order valence-corrected chi connectivity index (χ0v) is 16.1. The fourth-order valence-electron chi connectivity index (χ4n) is 7.54. The smallest absolute Gasteiger partial charge is 0.161 e. The number of fused-ring (bicyclic) bond motifs is 5. The minimum atomic E-state index is -1.30. The maximum absolute atomic E-state index is 12.3. The van der Waals surface area contributed by atoms with Gasteiger partial charge in [-0.15, -0.1) is 0 Å². The van der Waals surface area contributed by atoms with Crippen LogP contribution >= 0.6 is 0 Å². The fourth-order valence-corrected chi connectivity index (χ4v) is 7.54. The summed E-state index contributed by atoms with van der Waals surface area (Å²) < 4.78 is 0. The Labute approximate surface area is 155 Å². The molecule has 0 heterocycles. The van der Waals surface area contributed by atoms with E-state index in [2.05, 4.69) is 6.92 Å². The van der Waals surface area contributed by atoms with E-state index in [9.17, 15) is 19.5 Å². The molecule has 0 bridgehead atoms. The second-order valence-corrected chi connectivity index (χ2v) is 9.76. The van der Waals surface area contributed by atoms with Crippen molar-refractivity contribution in [3.05, 3.63) is 11.6 Å². The Morgan fingerprint density at radius 3 is 2.62 bits per heavy atom. The molecule has 0 radical (unpaired) electrons. The van der Waals surface area contributed by atoms with E-state index in [-0.39, 0.29) is 34.7 Å². The lowest BCUT2D eigenvalue weighted by atomic mass is 9.43. The first kappa shape index (κ1) is 18.1. The first-order valence-corrected chi connectivity index (χ1v) is 10.1. The largest absolute Gasteiger partial charge is 0.382 e. The zero-order chi connectivity index (χ0) is 18.9. The van der Waals surface area contributed by atoms with Crippen molar-refractivity contribution in [1.82, 2.24) is 0 Å². The van der Waals surface area contributed by atoms with Crippen molar-refractivity contribution in [1.29, 1.82) is 0 Å². The van der Waals surface area contributed by atoms with Gasteiger partial charge in [0, 0.05) is 17.8 Å². The first-order valence-electron chi connectivity index (χ1n) is 10.1. The fraction of sp³-hybridized carbons (Fsp3) is 0.773. The first-order chi connectivity index (χ1) is 12.2. The van der Waals surface area contributed by atoms with E-state index in [1.165, 1.54) is 12.5 Å². The molecule has 1 N–H and O–H groups in total. The normalized spacial score (nSPS) is 50.3. The van der Waals surface area contributed by atoms with Crippen molar-refractivity contribution in [2.45, 2.75) is 71.3 Å². The van der Waals surface area contributed by atoms with E-state index in [4.69, 9.17) is 0 Å². The third-order valence-electron chi connectivity index (χ3n) is 8.88. The lowest BCUT2D eigenvalue weighted by molar-refractivity contribution is -0.169. The molecule has 142 valence electrons. The average molecular weight is 358 g/mol. The van der Waals surface area contributed by atoms with Crippen LogP contribution in [0.2, 0.25) is 0 Å². The third kappa shape index (κ3) is 2.08. The highest BCUT2D eigenvalue weighted by atomic mass is 16.3. The molecule has 0 aromatic heterocycles. The summed E-state index contributed by atoms with van der Waals surface area (Å²) in [6.45, 7) is 5.77. The van der Waals surface area contributed by atoms with Crippen molar-refractivity contribution in [2.24, 2.45) is 34.5 Å². The van der Waals surface area contributed by atoms with E-state index >= 15 is 0 Å². The Kier molecular flexibility index (Phi) is 3.90. The van der Waals surface area contributed by atoms with E-state index < -0.39 is 11.0 Å². The van der Waals surface area contributed by atoms with E-state index in [0.29, 0.717) is 25.2 Å². The predicted molar refractivity (Wildman–Crippen MR) is 97.3 cm³/mol. The highest BCUT2D eigenvalue weighted by Gasteiger charge is 2.67. The number of rotatable bonds is 2. The molecule has 0 aliphatic heterocycles. The molecule has 0 aromatic rings. The molecule has 26 heavy (non-hydrogen) atoms. The topological polar surface area (TPSA) is 71.4 Å². The molecule has 0 aromatic carbocycles. The van der Waals surface area contributed by atoms with Crippen LogP contribution in [-0.2, 0) is 14.4 Å². The van der Waals surface area contributed by atoms with E-state index in [1.807, 2.05) is 13.0 Å². The molecule has 4 nitrogen and oxygen atoms in total. The van der Waals surface area contributed by atoms with E-state index in [0.717, 1.165) is 32.0 Å². The van der Waals surface area contributed by atoms with Crippen LogP contribution in [0.4, 0.5) is 0 Å². The van der Waals surface area contributed by atoms with Crippen molar-refractivity contribution in [2.75, 3.05) is 0 Å². The van der Waals surface area contributed by atoms with Crippen molar-refractivity contribution in [3.8, 4) is 0 Å². The highest BCUT2D eigenvalue weighted by Crippen LogP contribution is 2.68. The number of carbonyl (C=O) groups is 3.